The fourth-order valence-electron chi connectivity index (χ4n) is 1.36. The Balaban J connectivity index is 2.65. The minimum absolute atomic E-state index is 0.0696. The Morgan fingerprint density at radius 1 is 1.50 bits per heavy atom. The summed E-state index contributed by atoms with van der Waals surface area (Å²) < 4.78 is 28.5. The number of hydrogen-bond acceptors (Lipinski definition) is 3. The normalized spacial score (nSPS) is 10.9. The van der Waals surface area contributed by atoms with Crippen molar-refractivity contribution in [2.45, 2.75) is 6.61 Å². The highest BCUT2D eigenvalue weighted by atomic mass is 19.3. The first-order chi connectivity index (χ1) is 7.59. The number of hydrogen-bond donors (Lipinski definition) is 2. The van der Waals surface area contributed by atoms with Crippen LogP contribution in [0.5, 0.6) is 5.75 Å². The largest absolute Gasteiger partial charge is 0.478 e. The van der Waals surface area contributed by atoms with Gasteiger partial charge in [0.05, 0.1) is 11.8 Å². The maximum atomic E-state index is 12.1. The second kappa shape index (κ2) is 3.76. The predicted molar refractivity (Wildman–Crippen MR) is 49.7 cm³/mol. The third kappa shape index (κ3) is 1.67. The molecule has 0 aliphatic carbocycles. The van der Waals surface area contributed by atoms with Crippen LogP contribution < -0.4 is 4.74 Å². The van der Waals surface area contributed by atoms with Crippen molar-refractivity contribution in [3.8, 4) is 5.75 Å². The van der Waals surface area contributed by atoms with Crippen LogP contribution in [0.4, 0.5) is 8.78 Å². The molecule has 0 fully saturated rings. The molecule has 7 heteroatoms. The zero-order chi connectivity index (χ0) is 11.7. The third-order valence-corrected chi connectivity index (χ3v) is 1.98. The molecule has 0 atom stereocenters. The highest BCUT2D eigenvalue weighted by molar-refractivity contribution is 5.98. The van der Waals surface area contributed by atoms with Gasteiger partial charge in [0, 0.05) is 0 Å². The van der Waals surface area contributed by atoms with Gasteiger partial charge >= 0.3 is 12.6 Å². The van der Waals surface area contributed by atoms with Crippen molar-refractivity contribution < 1.29 is 23.4 Å². The summed E-state index contributed by atoms with van der Waals surface area (Å²) in [4.78, 5) is 17.2. The second-order valence-electron chi connectivity index (χ2n) is 2.92. The van der Waals surface area contributed by atoms with E-state index < -0.39 is 18.3 Å². The van der Waals surface area contributed by atoms with E-state index in [2.05, 4.69) is 14.7 Å². The number of H-pyrrole nitrogens is 1. The van der Waals surface area contributed by atoms with Crippen molar-refractivity contribution in [3.63, 3.8) is 0 Å². The topological polar surface area (TPSA) is 75.2 Å². The van der Waals surface area contributed by atoms with Crippen LogP contribution in [0.3, 0.4) is 0 Å². The molecule has 0 aliphatic rings. The molecule has 1 aromatic heterocycles. The van der Waals surface area contributed by atoms with E-state index in [0.29, 0.717) is 5.52 Å². The molecule has 0 spiro atoms. The number of aromatic carboxylic acids is 1. The number of aromatic amines is 1. The molecule has 16 heavy (non-hydrogen) atoms. The summed E-state index contributed by atoms with van der Waals surface area (Å²) >= 11 is 0. The summed E-state index contributed by atoms with van der Waals surface area (Å²) in [6.07, 6.45) is 1.27. The van der Waals surface area contributed by atoms with Crippen LogP contribution in [-0.2, 0) is 0 Å². The quantitative estimate of drug-likeness (QED) is 0.840. The minimum atomic E-state index is -3.10. The van der Waals surface area contributed by atoms with E-state index in [1.54, 1.807) is 0 Å². The van der Waals surface area contributed by atoms with Gasteiger partial charge in [-0.2, -0.15) is 8.78 Å². The van der Waals surface area contributed by atoms with Crippen molar-refractivity contribution in [1.82, 2.24) is 9.97 Å². The van der Waals surface area contributed by atoms with Crippen molar-refractivity contribution >= 4 is 17.0 Å². The van der Waals surface area contributed by atoms with Gasteiger partial charge in [-0.3, -0.25) is 0 Å². The van der Waals surface area contributed by atoms with Gasteiger partial charge in [0.2, 0.25) is 0 Å². The van der Waals surface area contributed by atoms with Crippen LogP contribution in [0.2, 0.25) is 0 Å². The van der Waals surface area contributed by atoms with E-state index in [4.69, 9.17) is 5.11 Å². The molecule has 0 aliphatic heterocycles. The predicted octanol–water partition coefficient (Wildman–Crippen LogP) is 1.86. The molecule has 0 saturated carbocycles. The molecule has 0 bridgehead atoms. The number of halogens is 2. The average molecular weight is 228 g/mol. The van der Waals surface area contributed by atoms with Crippen LogP contribution in [0.15, 0.2) is 18.5 Å². The first-order valence-electron chi connectivity index (χ1n) is 4.24. The van der Waals surface area contributed by atoms with Crippen LogP contribution in [0.1, 0.15) is 10.4 Å². The number of nitrogens with zero attached hydrogens (tertiary/aromatic N) is 1. The molecule has 0 amide bonds. The van der Waals surface area contributed by atoms with Gasteiger partial charge in [-0.05, 0) is 12.1 Å². The highest BCUT2D eigenvalue weighted by Gasteiger charge is 2.19. The first kappa shape index (κ1) is 10.3. The van der Waals surface area contributed by atoms with Gasteiger partial charge in [0.25, 0.3) is 0 Å². The average Bonchev–Trinajstić information content (AvgIpc) is 2.64. The third-order valence-electron chi connectivity index (χ3n) is 1.98. The van der Waals surface area contributed by atoms with Crippen LogP contribution >= 0.6 is 0 Å². The Kier molecular flexibility index (Phi) is 2.43. The molecule has 5 nitrogen and oxygen atoms in total. The number of ether oxygens (including phenoxy) is 1. The number of aromatic nitrogens is 2. The fourth-order valence-corrected chi connectivity index (χ4v) is 1.36. The van der Waals surface area contributed by atoms with Crippen molar-refractivity contribution in [3.05, 3.63) is 24.0 Å². The molecular formula is C9H6F2N2O3. The van der Waals surface area contributed by atoms with Crippen LogP contribution in [0, 0.1) is 0 Å². The zero-order valence-corrected chi connectivity index (χ0v) is 7.78. The van der Waals surface area contributed by atoms with Gasteiger partial charge < -0.3 is 14.8 Å². The molecule has 84 valence electrons. The molecule has 2 N–H and O–H groups in total. The number of imidazole rings is 1. The summed E-state index contributed by atoms with van der Waals surface area (Å²) in [5.41, 5.74) is 0.153. The SMILES string of the molecule is O=C(O)c1ccc2[nH]cnc2c1OC(F)F. The van der Waals surface area contributed by atoms with Gasteiger partial charge in [0.1, 0.15) is 11.1 Å². The lowest BCUT2D eigenvalue weighted by Gasteiger charge is -2.08. The second-order valence-corrected chi connectivity index (χ2v) is 2.92. The fraction of sp³-hybridized carbons (Fsp3) is 0.111. The number of alkyl halides is 2. The molecular weight excluding hydrogens is 222 g/mol. The van der Waals surface area contributed by atoms with Gasteiger partial charge in [-0.1, -0.05) is 0 Å². The number of carboxylic acid groups (broad SMARTS) is 1. The maximum Gasteiger partial charge on any atom is 0.387 e. The number of nitrogens with one attached hydrogen (secondary N) is 1. The highest BCUT2D eigenvalue weighted by Crippen LogP contribution is 2.28. The van der Waals surface area contributed by atoms with Crippen LogP contribution in [-0.4, -0.2) is 27.7 Å². The van der Waals surface area contributed by atoms with Gasteiger partial charge in [-0.15, -0.1) is 0 Å². The van der Waals surface area contributed by atoms with Gasteiger partial charge in [-0.25, -0.2) is 9.78 Å². The lowest BCUT2D eigenvalue weighted by atomic mass is 10.2. The van der Waals surface area contributed by atoms with E-state index in [1.165, 1.54) is 18.5 Å². The summed E-state index contributed by atoms with van der Waals surface area (Å²) in [7, 11) is 0. The smallest absolute Gasteiger partial charge is 0.387 e. The minimum Gasteiger partial charge on any atom is -0.478 e. The Morgan fingerprint density at radius 2 is 2.25 bits per heavy atom. The van der Waals surface area contributed by atoms with Crippen molar-refractivity contribution in [1.29, 1.82) is 0 Å². The molecule has 0 saturated heterocycles. The Bertz CT molecular complexity index is 539. The number of fused-ring (bicyclic) bond motifs is 1. The first-order valence-corrected chi connectivity index (χ1v) is 4.24. The summed E-state index contributed by atoms with van der Waals surface area (Å²) in [5.74, 6) is -1.78. The summed E-state index contributed by atoms with van der Waals surface area (Å²) in [6.45, 7) is -3.10. The van der Waals surface area contributed by atoms with Gasteiger partial charge in [0.15, 0.2) is 5.75 Å². The van der Waals surface area contributed by atoms with Crippen molar-refractivity contribution in [2.75, 3.05) is 0 Å². The molecule has 1 heterocycles. The maximum absolute atomic E-state index is 12.1. The Labute approximate surface area is 87.7 Å². The van der Waals surface area contributed by atoms with Crippen molar-refractivity contribution in [2.24, 2.45) is 0 Å². The standard InChI is InChI=1S/C9H6F2N2O3/c10-9(11)16-7-4(8(14)15)1-2-5-6(7)13-3-12-5/h1-3,9H,(H,12,13)(H,14,15). The molecule has 2 aromatic rings. The number of benzene rings is 1. The van der Waals surface area contributed by atoms with E-state index in [1.807, 2.05) is 0 Å². The molecule has 0 unspecified atom stereocenters. The lowest BCUT2D eigenvalue weighted by Crippen LogP contribution is -2.08. The lowest BCUT2D eigenvalue weighted by molar-refractivity contribution is -0.0493. The van der Waals surface area contributed by atoms with E-state index in [9.17, 15) is 13.6 Å². The summed E-state index contributed by atoms with van der Waals surface area (Å²) in [5, 5.41) is 8.81. The number of carbonyl (C=O) groups is 1. The van der Waals surface area contributed by atoms with E-state index in [-0.39, 0.29) is 11.1 Å². The number of rotatable bonds is 3. The summed E-state index contributed by atoms with van der Waals surface area (Å²) in [6, 6.07) is 2.62. The van der Waals surface area contributed by atoms with Crippen LogP contribution in [0.25, 0.3) is 11.0 Å². The number of carboxylic acids is 1. The van der Waals surface area contributed by atoms with E-state index in [0.717, 1.165) is 0 Å². The van der Waals surface area contributed by atoms with E-state index >= 15 is 0 Å². The molecule has 1 aromatic carbocycles. The molecule has 2 rings (SSSR count). The Morgan fingerprint density at radius 3 is 2.88 bits per heavy atom. The zero-order valence-electron chi connectivity index (χ0n) is 7.78. The Hall–Kier alpha value is -2.18. The monoisotopic (exact) mass is 228 g/mol. The molecule has 0 radical (unpaired) electrons.